The molecular formula is C18H20F2N4O. The molecule has 1 saturated heterocycles. The van der Waals surface area contributed by atoms with Gasteiger partial charge in [-0.3, -0.25) is 4.79 Å². The van der Waals surface area contributed by atoms with Gasteiger partial charge in [0, 0.05) is 12.6 Å². The summed E-state index contributed by atoms with van der Waals surface area (Å²) < 4.78 is 27.3. The Hall–Kier alpha value is -2.57. The first kappa shape index (κ1) is 17.3. The first-order valence-electron chi connectivity index (χ1n) is 8.44. The van der Waals surface area contributed by atoms with E-state index >= 15 is 0 Å². The van der Waals surface area contributed by atoms with Gasteiger partial charge in [-0.15, -0.1) is 0 Å². The number of benzene rings is 1. The zero-order valence-electron chi connectivity index (χ0n) is 14.0. The van der Waals surface area contributed by atoms with Crippen LogP contribution in [0.25, 0.3) is 0 Å². The molecule has 2 heterocycles. The average Bonchev–Trinajstić information content (AvgIpc) is 2.65. The van der Waals surface area contributed by atoms with Crippen molar-refractivity contribution < 1.29 is 13.6 Å². The van der Waals surface area contributed by atoms with E-state index in [9.17, 15) is 13.6 Å². The molecule has 0 radical (unpaired) electrons. The minimum atomic E-state index is -0.721. The van der Waals surface area contributed by atoms with E-state index < -0.39 is 11.6 Å². The molecule has 0 aliphatic carbocycles. The summed E-state index contributed by atoms with van der Waals surface area (Å²) in [6, 6.07) is 3.82. The number of halogens is 2. The molecule has 0 bridgehead atoms. The predicted octanol–water partition coefficient (Wildman–Crippen LogP) is 3.90. The van der Waals surface area contributed by atoms with Crippen LogP contribution in [0.1, 0.15) is 43.1 Å². The van der Waals surface area contributed by atoms with Crippen LogP contribution in [0.2, 0.25) is 0 Å². The van der Waals surface area contributed by atoms with Crippen molar-refractivity contribution in [1.29, 1.82) is 0 Å². The lowest BCUT2D eigenvalue weighted by Gasteiger charge is -2.34. The maximum atomic E-state index is 13.7. The van der Waals surface area contributed by atoms with Crippen LogP contribution in [0, 0.1) is 11.6 Å². The van der Waals surface area contributed by atoms with Crippen LogP contribution in [0.15, 0.2) is 30.6 Å². The number of nitrogens with one attached hydrogen (secondary N) is 1. The molecule has 25 heavy (non-hydrogen) atoms. The zero-order chi connectivity index (χ0) is 17.8. The number of aromatic nitrogens is 2. The van der Waals surface area contributed by atoms with Gasteiger partial charge in [0.2, 0.25) is 0 Å². The van der Waals surface area contributed by atoms with E-state index in [1.165, 1.54) is 18.5 Å². The fraction of sp³-hybridized carbons (Fsp3) is 0.389. The van der Waals surface area contributed by atoms with E-state index in [1.807, 2.05) is 4.90 Å². The minimum absolute atomic E-state index is 0.150. The Morgan fingerprint density at radius 2 is 2.00 bits per heavy atom. The van der Waals surface area contributed by atoms with Crippen LogP contribution in [0.3, 0.4) is 0 Å². The molecule has 0 spiro atoms. The molecule has 1 N–H and O–H groups in total. The third-order valence-electron chi connectivity index (χ3n) is 4.45. The van der Waals surface area contributed by atoms with Gasteiger partial charge in [-0.2, -0.15) is 0 Å². The molecule has 2 aromatic rings. The third kappa shape index (κ3) is 3.75. The Bertz CT molecular complexity index is 731. The molecule has 5 nitrogen and oxygen atoms in total. The smallest absolute Gasteiger partial charge is 0.274 e. The number of carbonyl (C=O) groups is 1. The minimum Gasteiger partial charge on any atom is -0.334 e. The normalized spacial score (nSPS) is 17.4. The highest BCUT2D eigenvalue weighted by molar-refractivity contribution is 5.92. The molecule has 1 fully saturated rings. The van der Waals surface area contributed by atoms with E-state index in [4.69, 9.17) is 0 Å². The van der Waals surface area contributed by atoms with Gasteiger partial charge >= 0.3 is 0 Å². The zero-order valence-corrected chi connectivity index (χ0v) is 14.0. The van der Waals surface area contributed by atoms with Gasteiger partial charge in [-0.05, 0) is 37.8 Å². The quantitative estimate of drug-likeness (QED) is 0.912. The number of carbonyl (C=O) groups excluding carboxylic acids is 1. The van der Waals surface area contributed by atoms with Gasteiger partial charge in [0.15, 0.2) is 0 Å². The number of piperidine rings is 1. The van der Waals surface area contributed by atoms with Crippen molar-refractivity contribution in [1.82, 2.24) is 14.9 Å². The van der Waals surface area contributed by atoms with Gasteiger partial charge in [-0.25, -0.2) is 18.7 Å². The van der Waals surface area contributed by atoms with Crippen molar-refractivity contribution in [2.75, 3.05) is 11.9 Å². The molecular weight excluding hydrogens is 326 g/mol. The van der Waals surface area contributed by atoms with Crippen molar-refractivity contribution in [3.63, 3.8) is 0 Å². The number of nitrogens with zero attached hydrogens (tertiary/aromatic N) is 3. The van der Waals surface area contributed by atoms with Crippen LogP contribution in [0.4, 0.5) is 20.3 Å². The lowest BCUT2D eigenvalue weighted by atomic mass is 10.00. The molecule has 1 amide bonds. The SMILES string of the molecule is CCC1CCCCN1C(=O)c1cnc(Nc2c(F)cccc2F)cn1. The standard InChI is InChI=1S/C18H20F2N4O/c1-2-12-6-3-4-9-24(12)18(25)15-10-22-16(11-21-15)23-17-13(19)7-5-8-14(17)20/h5,7-8,10-12H,2-4,6,9H2,1H3,(H,22,23). The number of rotatable bonds is 4. The fourth-order valence-electron chi connectivity index (χ4n) is 3.09. The monoisotopic (exact) mass is 346 g/mol. The van der Waals surface area contributed by atoms with Crippen molar-refractivity contribution in [2.24, 2.45) is 0 Å². The summed E-state index contributed by atoms with van der Waals surface area (Å²) in [6.07, 6.45) is 6.68. The molecule has 0 saturated carbocycles. The first-order chi connectivity index (χ1) is 12.1. The van der Waals surface area contributed by atoms with Crippen molar-refractivity contribution in [3.05, 3.63) is 47.9 Å². The van der Waals surface area contributed by atoms with E-state index in [0.29, 0.717) is 0 Å². The highest BCUT2D eigenvalue weighted by Gasteiger charge is 2.27. The fourth-order valence-corrected chi connectivity index (χ4v) is 3.09. The van der Waals surface area contributed by atoms with Gasteiger partial charge < -0.3 is 10.2 Å². The average molecular weight is 346 g/mol. The number of anilines is 2. The molecule has 1 aliphatic heterocycles. The second-order valence-corrected chi connectivity index (χ2v) is 6.06. The van der Waals surface area contributed by atoms with E-state index in [2.05, 4.69) is 22.2 Å². The van der Waals surface area contributed by atoms with Gasteiger partial charge in [0.05, 0.1) is 12.4 Å². The summed E-state index contributed by atoms with van der Waals surface area (Å²) in [6.45, 7) is 2.79. The number of amides is 1. The topological polar surface area (TPSA) is 58.1 Å². The van der Waals surface area contributed by atoms with E-state index in [0.717, 1.165) is 44.4 Å². The Morgan fingerprint density at radius 1 is 1.24 bits per heavy atom. The highest BCUT2D eigenvalue weighted by Crippen LogP contribution is 2.23. The predicted molar refractivity (Wildman–Crippen MR) is 90.6 cm³/mol. The number of likely N-dealkylation sites (tertiary alicyclic amines) is 1. The summed E-state index contributed by atoms with van der Waals surface area (Å²) in [5.74, 6) is -1.42. The molecule has 1 aliphatic rings. The van der Waals surface area contributed by atoms with Gasteiger partial charge in [0.1, 0.15) is 28.8 Å². The maximum Gasteiger partial charge on any atom is 0.274 e. The maximum absolute atomic E-state index is 13.7. The lowest BCUT2D eigenvalue weighted by molar-refractivity contribution is 0.0601. The first-order valence-corrected chi connectivity index (χ1v) is 8.44. The Balaban J connectivity index is 1.74. The highest BCUT2D eigenvalue weighted by atomic mass is 19.1. The van der Waals surface area contributed by atoms with Crippen LogP contribution >= 0.6 is 0 Å². The molecule has 1 aromatic heterocycles. The second kappa shape index (κ2) is 7.55. The molecule has 3 rings (SSSR count). The van der Waals surface area contributed by atoms with Crippen molar-refractivity contribution in [2.45, 2.75) is 38.6 Å². The molecule has 7 heteroatoms. The summed E-state index contributed by atoms with van der Waals surface area (Å²) in [5, 5.41) is 2.56. The van der Waals surface area contributed by atoms with Crippen LogP contribution < -0.4 is 5.32 Å². The number of para-hydroxylation sites is 1. The molecule has 1 unspecified atom stereocenters. The van der Waals surface area contributed by atoms with Gasteiger partial charge in [0.25, 0.3) is 5.91 Å². The van der Waals surface area contributed by atoms with Crippen LogP contribution in [-0.4, -0.2) is 33.4 Å². The van der Waals surface area contributed by atoms with Crippen molar-refractivity contribution in [3.8, 4) is 0 Å². The van der Waals surface area contributed by atoms with Crippen molar-refractivity contribution >= 4 is 17.4 Å². The number of hydrogen-bond acceptors (Lipinski definition) is 4. The van der Waals surface area contributed by atoms with Crippen LogP contribution in [-0.2, 0) is 0 Å². The Kier molecular flexibility index (Phi) is 5.21. The summed E-state index contributed by atoms with van der Waals surface area (Å²) in [5.41, 5.74) is -0.0575. The summed E-state index contributed by atoms with van der Waals surface area (Å²) in [4.78, 5) is 22.7. The molecule has 1 aromatic carbocycles. The number of hydrogen-bond donors (Lipinski definition) is 1. The molecule has 1 atom stereocenters. The Labute approximate surface area is 145 Å². The van der Waals surface area contributed by atoms with Crippen LogP contribution in [0.5, 0.6) is 0 Å². The van der Waals surface area contributed by atoms with E-state index in [1.54, 1.807) is 0 Å². The van der Waals surface area contributed by atoms with E-state index in [-0.39, 0.29) is 29.1 Å². The molecule has 132 valence electrons. The second-order valence-electron chi connectivity index (χ2n) is 6.06. The lowest BCUT2D eigenvalue weighted by Crippen LogP contribution is -2.43. The summed E-state index contributed by atoms with van der Waals surface area (Å²) >= 11 is 0. The van der Waals surface area contributed by atoms with Gasteiger partial charge in [-0.1, -0.05) is 13.0 Å². The summed E-state index contributed by atoms with van der Waals surface area (Å²) in [7, 11) is 0. The third-order valence-corrected chi connectivity index (χ3v) is 4.45. The largest absolute Gasteiger partial charge is 0.334 e. The Morgan fingerprint density at radius 3 is 2.64 bits per heavy atom.